The van der Waals surface area contributed by atoms with Gasteiger partial charge in [0.25, 0.3) is 0 Å². The summed E-state index contributed by atoms with van der Waals surface area (Å²) in [5, 5.41) is 8.90. The minimum atomic E-state index is -0.401. The number of benzene rings is 8. The molecule has 312 valence electrons. The number of amidine groups is 2. The second-order valence-electron chi connectivity index (χ2n) is 16.6. The molecule has 0 radical (unpaired) electrons. The summed E-state index contributed by atoms with van der Waals surface area (Å²) in [6.07, 6.45) is 0. The van der Waals surface area contributed by atoms with Crippen LogP contribution >= 0.6 is 0 Å². The van der Waals surface area contributed by atoms with E-state index >= 15 is 0 Å². The minimum absolute atomic E-state index is 0.146. The van der Waals surface area contributed by atoms with Gasteiger partial charge >= 0.3 is 0 Å². The van der Waals surface area contributed by atoms with Crippen LogP contribution in [0.5, 0.6) is 11.5 Å². The number of hydrogen-bond donors (Lipinski definition) is 1. The summed E-state index contributed by atoms with van der Waals surface area (Å²) in [5.74, 6) is 4.14. The van der Waals surface area contributed by atoms with Crippen molar-refractivity contribution in [3.63, 3.8) is 0 Å². The molecule has 0 spiro atoms. The molecular weight excluding hydrogens is 797 g/mol. The van der Waals surface area contributed by atoms with Gasteiger partial charge in [-0.05, 0) is 71.1 Å². The van der Waals surface area contributed by atoms with E-state index in [0.717, 1.165) is 84.0 Å². The van der Waals surface area contributed by atoms with Crippen molar-refractivity contribution in [2.24, 2.45) is 9.98 Å². The molecule has 0 amide bonds. The van der Waals surface area contributed by atoms with Crippen molar-refractivity contribution in [2.45, 2.75) is 26.2 Å². The second-order valence-corrected chi connectivity index (χ2v) is 16.6. The average molecular weight is 841 g/mol. The summed E-state index contributed by atoms with van der Waals surface area (Å²) in [7, 11) is 0. The molecule has 7 nitrogen and oxygen atoms in total. The van der Waals surface area contributed by atoms with Crippen LogP contribution in [0.4, 0.5) is 0 Å². The van der Waals surface area contributed by atoms with Crippen LogP contribution in [0.3, 0.4) is 0 Å². The van der Waals surface area contributed by atoms with E-state index in [1.807, 2.05) is 140 Å². The molecule has 0 unspecified atom stereocenters. The quantitative estimate of drug-likeness (QED) is 0.122. The summed E-state index contributed by atoms with van der Waals surface area (Å²) in [6, 6.07) is 69.2. The molecule has 0 aliphatic carbocycles. The number of aromatic nitrogens is 3. The Kier molecular flexibility index (Phi) is 10.9. The lowest BCUT2D eigenvalue weighted by Crippen LogP contribution is -2.24. The summed E-state index contributed by atoms with van der Waals surface area (Å²) in [5.41, 5.74) is 12.0. The summed E-state index contributed by atoms with van der Waals surface area (Å²) in [4.78, 5) is 24.7. The first-order chi connectivity index (χ1) is 31.8. The molecule has 0 bridgehead atoms. The van der Waals surface area contributed by atoms with Crippen molar-refractivity contribution in [3.8, 4) is 67.9 Å². The average Bonchev–Trinajstić information content (AvgIpc) is 3.37. The highest BCUT2D eigenvalue weighted by atomic mass is 16.5. The van der Waals surface area contributed by atoms with Crippen LogP contribution in [0.25, 0.3) is 56.4 Å². The molecule has 1 aromatic heterocycles. The largest absolute Gasteiger partial charge is 0.457 e. The Morgan fingerprint density at radius 3 is 1.38 bits per heavy atom. The zero-order valence-electron chi connectivity index (χ0n) is 36.3. The van der Waals surface area contributed by atoms with E-state index in [2.05, 4.69) is 86.6 Å². The van der Waals surface area contributed by atoms with E-state index in [-0.39, 0.29) is 5.84 Å². The predicted octanol–water partition coefficient (Wildman–Crippen LogP) is 13.9. The van der Waals surface area contributed by atoms with Gasteiger partial charge in [-0.25, -0.2) is 24.9 Å². The van der Waals surface area contributed by atoms with Gasteiger partial charge in [0, 0.05) is 50.1 Å². The Balaban J connectivity index is 0.985. The van der Waals surface area contributed by atoms with Crippen LogP contribution in [0.2, 0.25) is 0 Å². The van der Waals surface area contributed by atoms with Gasteiger partial charge in [-0.3, -0.25) is 5.41 Å². The number of rotatable bonds is 8. The highest BCUT2D eigenvalue weighted by molar-refractivity contribution is 6.16. The lowest BCUT2D eigenvalue weighted by atomic mass is 9.74. The maximum absolute atomic E-state index is 8.90. The summed E-state index contributed by atoms with van der Waals surface area (Å²) in [6.45, 7) is 6.50. The van der Waals surface area contributed by atoms with Crippen LogP contribution in [-0.4, -0.2) is 32.3 Å². The Bertz CT molecular complexity index is 3210. The van der Waals surface area contributed by atoms with Crippen LogP contribution in [0.15, 0.2) is 216 Å². The number of hydrogen-bond acceptors (Lipinski definition) is 5. The highest BCUT2D eigenvalue weighted by Gasteiger charge is 2.35. The van der Waals surface area contributed by atoms with Gasteiger partial charge in [0.05, 0.1) is 0 Å². The van der Waals surface area contributed by atoms with E-state index in [9.17, 15) is 0 Å². The number of nitrogens with zero attached hydrogens (tertiary/aromatic N) is 5. The zero-order chi connectivity index (χ0) is 44.3. The van der Waals surface area contributed by atoms with Crippen LogP contribution in [0.1, 0.15) is 48.6 Å². The third kappa shape index (κ3) is 8.43. The Hall–Kier alpha value is -8.42. The van der Waals surface area contributed by atoms with Gasteiger partial charge in [0.2, 0.25) is 0 Å². The standard InChI is InChI=1S/C58H44N6O/c1-38(39-18-8-4-9-19-39)60-56(61-53(59)40-20-10-5-11-21-40)47-28-16-26-43(34-47)45-30-32-51-49(36-45)58(2,3)50-37-46(31-33-52(50)65-51)44-27-17-29-48(35-44)57-63-54(41-22-12-6-13-23-41)62-55(64-57)42-24-14-7-15-25-42/h4-37,59H,1-3H3. The molecule has 1 aliphatic heterocycles. The lowest BCUT2D eigenvalue weighted by Gasteiger charge is -2.35. The first-order valence-corrected chi connectivity index (χ1v) is 21.7. The van der Waals surface area contributed by atoms with E-state index in [1.165, 1.54) is 0 Å². The van der Waals surface area contributed by atoms with E-state index in [4.69, 9.17) is 35.1 Å². The molecule has 0 saturated heterocycles. The van der Waals surface area contributed by atoms with Gasteiger partial charge in [0.1, 0.15) is 11.5 Å². The van der Waals surface area contributed by atoms with Crippen molar-refractivity contribution in [1.82, 2.24) is 15.0 Å². The SMILES string of the molecule is CC(=NC(=NC(=N)c1ccccc1)c1cccc(-c2ccc3c(c2)C(C)(C)c2cc(-c4cccc(-c5nc(-c6ccccc6)nc(-c6ccccc6)n5)c4)ccc2O3)c1)c1ccccc1. The molecular formula is C58H44N6O. The minimum Gasteiger partial charge on any atom is -0.457 e. The maximum Gasteiger partial charge on any atom is 0.164 e. The van der Waals surface area contributed by atoms with Crippen LogP contribution in [0, 0.1) is 5.41 Å². The van der Waals surface area contributed by atoms with Gasteiger partial charge < -0.3 is 4.74 Å². The lowest BCUT2D eigenvalue weighted by molar-refractivity contribution is 0.418. The normalized spacial score (nSPS) is 13.0. The van der Waals surface area contributed by atoms with Gasteiger partial charge in [-0.2, -0.15) is 0 Å². The van der Waals surface area contributed by atoms with E-state index < -0.39 is 5.41 Å². The van der Waals surface area contributed by atoms with Gasteiger partial charge in [-0.1, -0.05) is 184 Å². The Morgan fingerprint density at radius 2 is 0.831 bits per heavy atom. The van der Waals surface area contributed by atoms with Crippen molar-refractivity contribution >= 4 is 17.4 Å². The third-order valence-electron chi connectivity index (χ3n) is 11.9. The fourth-order valence-corrected chi connectivity index (χ4v) is 8.27. The second kappa shape index (κ2) is 17.4. The van der Waals surface area contributed by atoms with Crippen molar-refractivity contribution < 1.29 is 4.74 Å². The van der Waals surface area contributed by atoms with E-state index in [1.54, 1.807) is 0 Å². The zero-order valence-corrected chi connectivity index (χ0v) is 36.3. The summed E-state index contributed by atoms with van der Waals surface area (Å²) < 4.78 is 6.64. The Morgan fingerprint density at radius 1 is 0.415 bits per heavy atom. The first kappa shape index (κ1) is 40.6. The number of nitrogens with one attached hydrogen (secondary N) is 1. The smallest absolute Gasteiger partial charge is 0.164 e. The van der Waals surface area contributed by atoms with Gasteiger partial charge in [-0.15, -0.1) is 0 Å². The van der Waals surface area contributed by atoms with Crippen molar-refractivity contribution in [1.29, 1.82) is 5.41 Å². The molecule has 2 heterocycles. The first-order valence-electron chi connectivity index (χ1n) is 21.7. The fourth-order valence-electron chi connectivity index (χ4n) is 8.27. The maximum atomic E-state index is 8.90. The molecule has 0 fully saturated rings. The molecule has 0 saturated carbocycles. The Labute approximate surface area is 379 Å². The molecule has 9 aromatic rings. The highest BCUT2D eigenvalue weighted by Crippen LogP contribution is 2.50. The molecule has 0 atom stereocenters. The molecule has 1 aliphatic rings. The third-order valence-corrected chi connectivity index (χ3v) is 11.9. The van der Waals surface area contributed by atoms with Crippen molar-refractivity contribution in [2.75, 3.05) is 0 Å². The monoisotopic (exact) mass is 840 g/mol. The molecule has 7 heteroatoms. The molecule has 1 N–H and O–H groups in total. The predicted molar refractivity (Wildman–Crippen MR) is 264 cm³/mol. The van der Waals surface area contributed by atoms with E-state index in [0.29, 0.717) is 23.3 Å². The molecule has 10 rings (SSSR count). The van der Waals surface area contributed by atoms with Gasteiger partial charge in [0.15, 0.2) is 29.1 Å². The topological polar surface area (TPSA) is 96.5 Å². The van der Waals surface area contributed by atoms with Crippen LogP contribution in [-0.2, 0) is 5.41 Å². The fraction of sp³-hybridized carbons (Fsp3) is 0.0690. The van der Waals surface area contributed by atoms with Crippen LogP contribution < -0.4 is 4.74 Å². The molecule has 8 aromatic carbocycles. The number of aliphatic imine (C=N–C) groups is 2. The number of fused-ring (bicyclic) bond motifs is 2. The van der Waals surface area contributed by atoms with Crippen molar-refractivity contribution in [3.05, 3.63) is 234 Å². The molecule has 65 heavy (non-hydrogen) atoms. The summed E-state index contributed by atoms with van der Waals surface area (Å²) >= 11 is 0. The number of ether oxygens (including phenoxy) is 1.